The number of nitrogens with one attached hydrogen (secondary N) is 1. The Morgan fingerprint density at radius 2 is 2.05 bits per heavy atom. The fourth-order valence-electron chi connectivity index (χ4n) is 1.84. The van der Waals surface area contributed by atoms with Gasteiger partial charge in [-0.3, -0.25) is 9.59 Å². The quantitative estimate of drug-likeness (QED) is 0.919. The third kappa shape index (κ3) is 3.12. The Morgan fingerprint density at radius 1 is 1.30 bits per heavy atom. The van der Waals surface area contributed by atoms with Gasteiger partial charge in [0.1, 0.15) is 6.54 Å². The van der Waals surface area contributed by atoms with Crippen molar-refractivity contribution < 1.29 is 4.79 Å². The minimum Gasteiger partial charge on any atom is -0.324 e. The van der Waals surface area contributed by atoms with E-state index in [2.05, 4.69) is 5.32 Å². The molecule has 0 radical (unpaired) electrons. The average Bonchev–Trinajstić information content (AvgIpc) is 2.43. The molecule has 5 heteroatoms. The van der Waals surface area contributed by atoms with Crippen LogP contribution in [0.4, 0.5) is 5.69 Å². The zero-order valence-corrected chi connectivity index (χ0v) is 11.0. The average molecular weight is 267 g/mol. The number of hydrogen-bond donors (Lipinski definition) is 1. The van der Waals surface area contributed by atoms with E-state index in [9.17, 15) is 9.59 Å². The molecule has 20 heavy (non-hydrogen) atoms. The van der Waals surface area contributed by atoms with E-state index >= 15 is 0 Å². The second-order valence-corrected chi connectivity index (χ2v) is 4.33. The van der Waals surface area contributed by atoms with Gasteiger partial charge in [0.2, 0.25) is 5.91 Å². The zero-order chi connectivity index (χ0) is 14.5. The molecule has 1 N–H and O–H groups in total. The van der Waals surface area contributed by atoms with Crippen molar-refractivity contribution in [3.8, 4) is 6.07 Å². The number of pyridine rings is 1. The largest absolute Gasteiger partial charge is 0.324 e. The number of benzene rings is 1. The minimum absolute atomic E-state index is 0.0533. The molecule has 100 valence electrons. The second kappa shape index (κ2) is 5.85. The number of nitrogens with zero attached hydrogens (tertiary/aromatic N) is 2. The molecular weight excluding hydrogens is 254 g/mol. The van der Waals surface area contributed by atoms with E-state index < -0.39 is 0 Å². The highest BCUT2D eigenvalue weighted by atomic mass is 16.2. The normalized spacial score (nSPS) is 9.80. The number of carbonyl (C=O) groups excluding carboxylic acids is 1. The maximum absolute atomic E-state index is 11.9. The summed E-state index contributed by atoms with van der Waals surface area (Å²) in [7, 11) is 0. The Bertz CT molecular complexity index is 741. The monoisotopic (exact) mass is 267 g/mol. The molecule has 0 fully saturated rings. The molecule has 1 heterocycles. The van der Waals surface area contributed by atoms with Crippen LogP contribution in [0, 0.1) is 18.3 Å². The van der Waals surface area contributed by atoms with Crippen molar-refractivity contribution in [2.24, 2.45) is 0 Å². The van der Waals surface area contributed by atoms with Crippen LogP contribution in [-0.4, -0.2) is 10.5 Å². The van der Waals surface area contributed by atoms with Crippen molar-refractivity contribution in [1.29, 1.82) is 5.26 Å². The number of rotatable bonds is 3. The molecule has 1 aromatic carbocycles. The lowest BCUT2D eigenvalue weighted by Crippen LogP contribution is -2.28. The summed E-state index contributed by atoms with van der Waals surface area (Å²) in [5.41, 5.74) is 1.51. The van der Waals surface area contributed by atoms with Crippen LogP contribution in [0.1, 0.15) is 11.3 Å². The van der Waals surface area contributed by atoms with Crippen molar-refractivity contribution in [2.75, 3.05) is 5.32 Å². The molecule has 2 rings (SSSR count). The van der Waals surface area contributed by atoms with Crippen LogP contribution >= 0.6 is 0 Å². The molecule has 0 aliphatic rings. The van der Waals surface area contributed by atoms with Crippen LogP contribution in [-0.2, 0) is 11.3 Å². The Balaban J connectivity index is 2.13. The van der Waals surface area contributed by atoms with E-state index in [0.717, 1.165) is 5.69 Å². The molecule has 0 aliphatic carbocycles. The van der Waals surface area contributed by atoms with Crippen LogP contribution in [0.15, 0.2) is 47.3 Å². The van der Waals surface area contributed by atoms with Gasteiger partial charge < -0.3 is 9.88 Å². The molecule has 0 aliphatic heterocycles. The fraction of sp³-hybridized carbons (Fsp3) is 0.133. The fourth-order valence-corrected chi connectivity index (χ4v) is 1.84. The van der Waals surface area contributed by atoms with Gasteiger partial charge in [-0.05, 0) is 31.2 Å². The number of anilines is 1. The van der Waals surface area contributed by atoms with Crippen LogP contribution < -0.4 is 10.9 Å². The van der Waals surface area contributed by atoms with E-state index in [1.165, 1.54) is 10.6 Å². The number of hydrogen-bond acceptors (Lipinski definition) is 3. The van der Waals surface area contributed by atoms with E-state index in [0.29, 0.717) is 11.3 Å². The molecule has 1 amide bonds. The third-order valence-corrected chi connectivity index (χ3v) is 2.85. The number of carbonyl (C=O) groups is 1. The van der Waals surface area contributed by atoms with Crippen molar-refractivity contribution in [3.63, 3.8) is 0 Å². The Morgan fingerprint density at radius 3 is 2.75 bits per heavy atom. The number of nitriles is 1. The highest BCUT2D eigenvalue weighted by molar-refractivity contribution is 5.90. The molecule has 0 saturated carbocycles. The summed E-state index contributed by atoms with van der Waals surface area (Å²) in [6.45, 7) is 1.72. The maximum Gasteiger partial charge on any atom is 0.251 e. The maximum atomic E-state index is 11.9. The smallest absolute Gasteiger partial charge is 0.251 e. The summed E-state index contributed by atoms with van der Waals surface area (Å²) >= 11 is 0. The molecule has 1 aromatic heterocycles. The van der Waals surface area contributed by atoms with Gasteiger partial charge in [0.15, 0.2) is 0 Å². The standard InChI is InChI=1S/C15H13N3O2/c1-11-4-2-7-15(20)18(11)10-14(19)17-13-6-3-5-12(8-13)9-16/h2-8H,10H2,1H3,(H,17,19). The van der Waals surface area contributed by atoms with Crippen LogP contribution in [0.3, 0.4) is 0 Å². The highest BCUT2D eigenvalue weighted by Gasteiger charge is 2.07. The lowest BCUT2D eigenvalue weighted by molar-refractivity contribution is -0.116. The van der Waals surface area contributed by atoms with Gasteiger partial charge in [-0.25, -0.2) is 0 Å². The lowest BCUT2D eigenvalue weighted by Gasteiger charge is -2.10. The topological polar surface area (TPSA) is 74.9 Å². The number of aromatic nitrogens is 1. The van der Waals surface area contributed by atoms with E-state index in [1.54, 1.807) is 43.3 Å². The van der Waals surface area contributed by atoms with Crippen molar-refractivity contribution in [3.05, 3.63) is 64.1 Å². The van der Waals surface area contributed by atoms with Gasteiger partial charge in [-0.2, -0.15) is 5.26 Å². The first kappa shape index (κ1) is 13.6. The molecule has 0 saturated heterocycles. The molecule has 0 atom stereocenters. The van der Waals surface area contributed by atoms with Crippen LogP contribution in [0.25, 0.3) is 0 Å². The summed E-state index contributed by atoms with van der Waals surface area (Å²) in [5.74, 6) is -0.309. The van der Waals surface area contributed by atoms with Gasteiger partial charge in [-0.15, -0.1) is 0 Å². The van der Waals surface area contributed by atoms with Gasteiger partial charge in [0.25, 0.3) is 5.56 Å². The SMILES string of the molecule is Cc1cccc(=O)n1CC(=O)Nc1cccc(C#N)c1. The van der Waals surface area contributed by atoms with Crippen molar-refractivity contribution in [1.82, 2.24) is 4.57 Å². The van der Waals surface area contributed by atoms with Crippen LogP contribution in [0.2, 0.25) is 0 Å². The van der Waals surface area contributed by atoms with E-state index in [-0.39, 0.29) is 18.0 Å². The Hall–Kier alpha value is -2.87. The molecule has 0 bridgehead atoms. The van der Waals surface area contributed by atoms with Gasteiger partial charge >= 0.3 is 0 Å². The van der Waals surface area contributed by atoms with Gasteiger partial charge in [0, 0.05) is 17.4 Å². The summed E-state index contributed by atoms with van der Waals surface area (Å²) in [5, 5.41) is 11.5. The predicted molar refractivity (Wildman–Crippen MR) is 75.2 cm³/mol. The van der Waals surface area contributed by atoms with E-state index in [1.807, 2.05) is 6.07 Å². The first-order chi connectivity index (χ1) is 9.60. The number of aryl methyl sites for hydroxylation is 1. The summed E-state index contributed by atoms with van der Waals surface area (Å²) in [6.07, 6.45) is 0. The van der Waals surface area contributed by atoms with E-state index in [4.69, 9.17) is 5.26 Å². The first-order valence-corrected chi connectivity index (χ1v) is 6.06. The lowest BCUT2D eigenvalue weighted by atomic mass is 10.2. The highest BCUT2D eigenvalue weighted by Crippen LogP contribution is 2.09. The van der Waals surface area contributed by atoms with Crippen molar-refractivity contribution >= 4 is 11.6 Å². The Kier molecular flexibility index (Phi) is 3.96. The minimum atomic E-state index is -0.309. The molecule has 0 spiro atoms. The Labute approximate surface area is 116 Å². The first-order valence-electron chi connectivity index (χ1n) is 6.06. The molecule has 5 nitrogen and oxygen atoms in total. The predicted octanol–water partition coefficient (Wildman–Crippen LogP) is 1.67. The summed E-state index contributed by atoms with van der Waals surface area (Å²) < 4.78 is 1.39. The second-order valence-electron chi connectivity index (χ2n) is 4.33. The van der Waals surface area contributed by atoms with Crippen LogP contribution in [0.5, 0.6) is 0 Å². The molecular formula is C15H13N3O2. The van der Waals surface area contributed by atoms with Crippen molar-refractivity contribution in [2.45, 2.75) is 13.5 Å². The van der Waals surface area contributed by atoms with Gasteiger partial charge in [-0.1, -0.05) is 12.1 Å². The molecule has 0 unspecified atom stereocenters. The zero-order valence-electron chi connectivity index (χ0n) is 11.0. The third-order valence-electron chi connectivity index (χ3n) is 2.85. The summed E-state index contributed by atoms with van der Waals surface area (Å²) in [4.78, 5) is 23.6. The number of amides is 1. The summed E-state index contributed by atoms with van der Waals surface area (Å²) in [6, 6.07) is 13.5. The van der Waals surface area contributed by atoms with Gasteiger partial charge in [0.05, 0.1) is 11.6 Å². The molecule has 2 aromatic rings.